The minimum Gasteiger partial charge on any atom is -0.444 e. The number of nitrogens with zero attached hydrogens (tertiary/aromatic N) is 1. The number of benzene rings is 1. The number of likely N-dealkylation sites (N-methyl/N-ethyl adjacent to an activating group) is 1. The number of aryl methyl sites for hydroxylation is 1. The molecule has 0 aliphatic heterocycles. The zero-order valence-corrected chi connectivity index (χ0v) is 15.1. The summed E-state index contributed by atoms with van der Waals surface area (Å²) >= 11 is 0. The van der Waals surface area contributed by atoms with E-state index < -0.39 is 5.60 Å². The molecule has 1 N–H and O–H groups in total. The third-order valence-corrected chi connectivity index (χ3v) is 3.56. The lowest BCUT2D eigenvalue weighted by Crippen LogP contribution is -2.40. The van der Waals surface area contributed by atoms with E-state index in [0.29, 0.717) is 25.2 Å². The number of carbonyl (C=O) groups excluding carboxylic acids is 1. The number of hydrogen-bond donors (Lipinski definition) is 1. The van der Waals surface area contributed by atoms with Gasteiger partial charge in [0, 0.05) is 25.7 Å². The summed E-state index contributed by atoms with van der Waals surface area (Å²) in [6, 6.07) is 5.27. The van der Waals surface area contributed by atoms with Crippen LogP contribution < -0.4 is 5.32 Å². The van der Waals surface area contributed by atoms with E-state index in [0.717, 1.165) is 5.56 Å². The maximum absolute atomic E-state index is 13.6. The molecule has 0 radical (unpaired) electrons. The van der Waals surface area contributed by atoms with Crippen molar-refractivity contribution in [2.24, 2.45) is 0 Å². The average Bonchev–Trinajstić information content (AvgIpc) is 2.44. The predicted octanol–water partition coefficient (Wildman–Crippen LogP) is 4.04. The van der Waals surface area contributed by atoms with Crippen LogP contribution in [0.25, 0.3) is 0 Å². The molecule has 0 saturated heterocycles. The van der Waals surface area contributed by atoms with Crippen molar-refractivity contribution in [1.29, 1.82) is 0 Å². The molecule has 0 aromatic heterocycles. The highest BCUT2D eigenvalue weighted by atomic mass is 19.1. The van der Waals surface area contributed by atoms with Gasteiger partial charge in [0.1, 0.15) is 11.4 Å². The molecule has 1 amide bonds. The fourth-order valence-electron chi connectivity index (χ4n) is 2.12. The van der Waals surface area contributed by atoms with E-state index in [2.05, 4.69) is 5.32 Å². The van der Waals surface area contributed by atoms with Gasteiger partial charge in [0.15, 0.2) is 0 Å². The SMILES string of the molecule is CCN(CCNC(C)c1ccc(C)c(F)c1)C(=O)OC(C)(C)C. The third-order valence-electron chi connectivity index (χ3n) is 3.56. The molecule has 0 spiro atoms. The highest BCUT2D eigenvalue weighted by molar-refractivity contribution is 5.68. The van der Waals surface area contributed by atoms with Crippen molar-refractivity contribution in [3.63, 3.8) is 0 Å². The molecule has 5 heteroatoms. The van der Waals surface area contributed by atoms with Gasteiger partial charge in [-0.25, -0.2) is 9.18 Å². The number of nitrogens with one attached hydrogen (secondary N) is 1. The maximum Gasteiger partial charge on any atom is 0.410 e. The minimum absolute atomic E-state index is 0.0162. The van der Waals surface area contributed by atoms with Gasteiger partial charge in [0.25, 0.3) is 0 Å². The molecule has 1 atom stereocenters. The molecule has 0 aliphatic carbocycles. The molecule has 1 rings (SSSR count). The molecule has 1 unspecified atom stereocenters. The second-order valence-corrected chi connectivity index (χ2v) is 6.74. The van der Waals surface area contributed by atoms with Crippen molar-refractivity contribution in [3.8, 4) is 0 Å². The first-order valence-electron chi connectivity index (χ1n) is 8.11. The predicted molar refractivity (Wildman–Crippen MR) is 91.0 cm³/mol. The maximum atomic E-state index is 13.6. The highest BCUT2D eigenvalue weighted by Gasteiger charge is 2.20. The Balaban J connectivity index is 2.50. The Bertz CT molecular complexity index is 526. The first kappa shape index (κ1) is 19.4. The first-order valence-corrected chi connectivity index (χ1v) is 8.11. The van der Waals surface area contributed by atoms with Crippen LogP contribution in [-0.2, 0) is 4.74 Å². The van der Waals surface area contributed by atoms with Gasteiger partial charge in [-0.2, -0.15) is 0 Å². The van der Waals surface area contributed by atoms with E-state index >= 15 is 0 Å². The van der Waals surface area contributed by atoms with E-state index in [-0.39, 0.29) is 18.0 Å². The first-order chi connectivity index (χ1) is 10.6. The Morgan fingerprint density at radius 3 is 2.57 bits per heavy atom. The van der Waals surface area contributed by atoms with Gasteiger partial charge in [0.2, 0.25) is 0 Å². The molecule has 0 heterocycles. The number of hydrogen-bond acceptors (Lipinski definition) is 3. The average molecular weight is 324 g/mol. The Hall–Kier alpha value is -1.62. The number of amides is 1. The van der Waals surface area contributed by atoms with Gasteiger partial charge in [-0.05, 0) is 58.7 Å². The van der Waals surface area contributed by atoms with Gasteiger partial charge >= 0.3 is 6.09 Å². The lowest BCUT2D eigenvalue weighted by atomic mass is 10.1. The van der Waals surface area contributed by atoms with E-state index in [1.54, 1.807) is 24.0 Å². The number of carbonyl (C=O) groups is 1. The summed E-state index contributed by atoms with van der Waals surface area (Å²) < 4.78 is 19.0. The topological polar surface area (TPSA) is 41.6 Å². The second kappa shape index (κ2) is 8.29. The Morgan fingerprint density at radius 2 is 2.04 bits per heavy atom. The van der Waals surface area contributed by atoms with Crippen LogP contribution in [0, 0.1) is 12.7 Å². The zero-order valence-electron chi connectivity index (χ0n) is 15.1. The molecule has 23 heavy (non-hydrogen) atoms. The van der Waals surface area contributed by atoms with Gasteiger partial charge in [-0.1, -0.05) is 12.1 Å². The number of ether oxygens (including phenoxy) is 1. The van der Waals surface area contributed by atoms with Crippen LogP contribution in [0.2, 0.25) is 0 Å². The van der Waals surface area contributed by atoms with Crippen molar-refractivity contribution in [1.82, 2.24) is 10.2 Å². The minimum atomic E-state index is -0.495. The molecule has 0 aliphatic rings. The Kier molecular flexibility index (Phi) is 7.01. The standard InChI is InChI=1S/C18H29FN2O2/c1-7-21(17(22)23-18(4,5)6)11-10-20-14(3)15-9-8-13(2)16(19)12-15/h8-9,12,14,20H,7,10-11H2,1-6H3. The number of halogens is 1. The van der Waals surface area contributed by atoms with E-state index in [1.165, 1.54) is 0 Å². The van der Waals surface area contributed by atoms with Crippen molar-refractivity contribution >= 4 is 6.09 Å². The van der Waals surface area contributed by atoms with Crippen molar-refractivity contribution < 1.29 is 13.9 Å². The van der Waals surface area contributed by atoms with Crippen molar-refractivity contribution in [2.45, 2.75) is 53.2 Å². The largest absolute Gasteiger partial charge is 0.444 e. The van der Waals surface area contributed by atoms with E-state index in [1.807, 2.05) is 40.7 Å². The van der Waals surface area contributed by atoms with Gasteiger partial charge < -0.3 is 15.0 Å². The van der Waals surface area contributed by atoms with E-state index in [9.17, 15) is 9.18 Å². The molecule has 130 valence electrons. The second-order valence-electron chi connectivity index (χ2n) is 6.74. The van der Waals surface area contributed by atoms with E-state index in [4.69, 9.17) is 4.74 Å². The summed E-state index contributed by atoms with van der Waals surface area (Å²) in [4.78, 5) is 13.7. The number of rotatable bonds is 6. The molecule has 4 nitrogen and oxygen atoms in total. The van der Waals surface area contributed by atoms with Crippen molar-refractivity contribution in [3.05, 3.63) is 35.1 Å². The molecule has 0 fully saturated rings. The van der Waals surface area contributed by atoms with Crippen molar-refractivity contribution in [2.75, 3.05) is 19.6 Å². The fraction of sp³-hybridized carbons (Fsp3) is 0.611. The van der Waals surface area contributed by atoms with Crippen LogP contribution in [0.3, 0.4) is 0 Å². The summed E-state index contributed by atoms with van der Waals surface area (Å²) in [6.45, 7) is 13.0. The normalized spacial score (nSPS) is 12.8. The molecular weight excluding hydrogens is 295 g/mol. The lowest BCUT2D eigenvalue weighted by molar-refractivity contribution is 0.0261. The van der Waals surface area contributed by atoms with Gasteiger partial charge in [0.05, 0.1) is 0 Å². The summed E-state index contributed by atoms with van der Waals surface area (Å²) in [5.41, 5.74) is 1.04. The molecule has 1 aromatic rings. The summed E-state index contributed by atoms with van der Waals surface area (Å²) in [6.07, 6.45) is -0.309. The molecule has 1 aromatic carbocycles. The fourth-order valence-corrected chi connectivity index (χ4v) is 2.12. The van der Waals surface area contributed by atoms with Crippen LogP contribution in [-0.4, -0.2) is 36.2 Å². The van der Waals surface area contributed by atoms with Crippen LogP contribution in [0.15, 0.2) is 18.2 Å². The Morgan fingerprint density at radius 1 is 1.39 bits per heavy atom. The summed E-state index contributed by atoms with van der Waals surface area (Å²) in [5, 5.41) is 3.31. The zero-order chi connectivity index (χ0) is 17.6. The van der Waals surface area contributed by atoms with Gasteiger partial charge in [-0.3, -0.25) is 0 Å². The monoisotopic (exact) mass is 324 g/mol. The summed E-state index contributed by atoms with van der Waals surface area (Å²) in [7, 11) is 0. The van der Waals surface area contributed by atoms with Gasteiger partial charge in [-0.15, -0.1) is 0 Å². The lowest BCUT2D eigenvalue weighted by Gasteiger charge is -2.27. The molecule has 0 saturated carbocycles. The highest BCUT2D eigenvalue weighted by Crippen LogP contribution is 2.16. The summed E-state index contributed by atoms with van der Waals surface area (Å²) in [5.74, 6) is -0.194. The molecule has 0 bridgehead atoms. The van der Waals surface area contributed by atoms with Crippen LogP contribution in [0.5, 0.6) is 0 Å². The third kappa shape index (κ3) is 6.57. The molecular formula is C18H29FN2O2. The Labute approximate surface area is 139 Å². The smallest absolute Gasteiger partial charge is 0.410 e. The van der Waals surface area contributed by atoms with Crippen LogP contribution in [0.4, 0.5) is 9.18 Å². The van der Waals surface area contributed by atoms with Crippen LogP contribution in [0.1, 0.15) is 51.8 Å². The quantitative estimate of drug-likeness (QED) is 0.858. The van der Waals surface area contributed by atoms with Crippen LogP contribution >= 0.6 is 0 Å².